The SMILES string of the molecule is CCOc1ccc(S(=O)(=O)C2(C#N)CCC2)cc1. The fraction of sp³-hybridized carbons (Fsp3) is 0.462. The molecule has 0 N–H and O–H groups in total. The molecule has 1 saturated carbocycles. The average molecular weight is 265 g/mol. The lowest BCUT2D eigenvalue weighted by Crippen LogP contribution is -2.43. The van der Waals surface area contributed by atoms with Gasteiger partial charge in [0.2, 0.25) is 0 Å². The minimum Gasteiger partial charge on any atom is -0.494 e. The summed E-state index contributed by atoms with van der Waals surface area (Å²) in [5, 5.41) is 9.12. The van der Waals surface area contributed by atoms with Gasteiger partial charge < -0.3 is 4.74 Å². The lowest BCUT2D eigenvalue weighted by molar-refractivity contribution is 0.340. The number of rotatable bonds is 4. The van der Waals surface area contributed by atoms with Gasteiger partial charge in [-0.2, -0.15) is 5.26 Å². The van der Waals surface area contributed by atoms with E-state index in [9.17, 15) is 8.42 Å². The van der Waals surface area contributed by atoms with Crippen LogP contribution in [0.25, 0.3) is 0 Å². The van der Waals surface area contributed by atoms with Gasteiger partial charge in [0, 0.05) is 0 Å². The normalized spacial score (nSPS) is 17.6. The Labute approximate surface area is 107 Å². The van der Waals surface area contributed by atoms with Gasteiger partial charge in [0.15, 0.2) is 14.6 Å². The molecular weight excluding hydrogens is 250 g/mol. The Morgan fingerprint density at radius 1 is 1.33 bits per heavy atom. The second-order valence-corrected chi connectivity index (χ2v) is 6.63. The molecule has 96 valence electrons. The van der Waals surface area contributed by atoms with Gasteiger partial charge in [0.1, 0.15) is 5.75 Å². The lowest BCUT2D eigenvalue weighted by Gasteiger charge is -2.34. The minimum atomic E-state index is -3.56. The number of sulfone groups is 1. The van der Waals surface area contributed by atoms with Crippen molar-refractivity contribution in [3.8, 4) is 11.8 Å². The highest BCUT2D eigenvalue weighted by Gasteiger charge is 2.50. The van der Waals surface area contributed by atoms with E-state index in [0.717, 1.165) is 6.42 Å². The van der Waals surface area contributed by atoms with Crippen LogP contribution in [0.5, 0.6) is 5.75 Å². The van der Waals surface area contributed by atoms with Gasteiger partial charge in [-0.15, -0.1) is 0 Å². The minimum absolute atomic E-state index is 0.201. The molecule has 0 aliphatic heterocycles. The monoisotopic (exact) mass is 265 g/mol. The van der Waals surface area contributed by atoms with Crippen molar-refractivity contribution in [2.75, 3.05) is 6.61 Å². The van der Waals surface area contributed by atoms with E-state index in [2.05, 4.69) is 0 Å². The highest BCUT2D eigenvalue weighted by molar-refractivity contribution is 7.93. The van der Waals surface area contributed by atoms with E-state index in [0.29, 0.717) is 25.2 Å². The van der Waals surface area contributed by atoms with E-state index in [1.54, 1.807) is 12.1 Å². The molecule has 0 unspecified atom stereocenters. The van der Waals surface area contributed by atoms with E-state index in [4.69, 9.17) is 10.00 Å². The van der Waals surface area contributed by atoms with Crippen molar-refractivity contribution in [3.05, 3.63) is 24.3 Å². The molecule has 0 amide bonds. The van der Waals surface area contributed by atoms with Crippen LogP contribution >= 0.6 is 0 Å². The molecule has 0 radical (unpaired) electrons. The molecule has 1 aromatic carbocycles. The predicted octanol–water partition coefficient (Wildman–Crippen LogP) is 2.31. The molecule has 5 heteroatoms. The van der Waals surface area contributed by atoms with Gasteiger partial charge in [-0.3, -0.25) is 0 Å². The fourth-order valence-corrected chi connectivity index (χ4v) is 3.94. The fourth-order valence-electron chi connectivity index (χ4n) is 2.05. The van der Waals surface area contributed by atoms with Crippen molar-refractivity contribution in [2.24, 2.45) is 0 Å². The Bertz CT molecular complexity index is 565. The maximum Gasteiger partial charge on any atom is 0.197 e. The molecule has 1 aliphatic rings. The number of ether oxygens (including phenoxy) is 1. The third-order valence-electron chi connectivity index (χ3n) is 3.32. The molecule has 1 fully saturated rings. The third-order valence-corrected chi connectivity index (χ3v) is 5.75. The van der Waals surface area contributed by atoms with Crippen LogP contribution in [-0.2, 0) is 9.84 Å². The Hall–Kier alpha value is -1.54. The Morgan fingerprint density at radius 2 is 1.94 bits per heavy atom. The van der Waals surface area contributed by atoms with Crippen LogP contribution in [-0.4, -0.2) is 19.8 Å². The summed E-state index contributed by atoms with van der Waals surface area (Å²) in [5.41, 5.74) is 0. The topological polar surface area (TPSA) is 67.2 Å². The van der Waals surface area contributed by atoms with Crippen LogP contribution in [0.15, 0.2) is 29.2 Å². The second kappa shape index (κ2) is 4.62. The van der Waals surface area contributed by atoms with Crippen LogP contribution in [0.1, 0.15) is 26.2 Å². The molecule has 0 bridgehead atoms. The summed E-state index contributed by atoms with van der Waals surface area (Å²) >= 11 is 0. The lowest BCUT2D eigenvalue weighted by atomic mass is 9.86. The zero-order chi connectivity index (χ0) is 13.2. The van der Waals surface area contributed by atoms with E-state index in [1.807, 2.05) is 13.0 Å². The maximum absolute atomic E-state index is 12.4. The quantitative estimate of drug-likeness (QED) is 0.837. The summed E-state index contributed by atoms with van der Waals surface area (Å²) in [6.07, 6.45) is 1.65. The predicted molar refractivity (Wildman–Crippen MR) is 67.0 cm³/mol. The van der Waals surface area contributed by atoms with E-state index in [-0.39, 0.29) is 4.90 Å². The van der Waals surface area contributed by atoms with Crippen molar-refractivity contribution in [1.82, 2.24) is 0 Å². The molecule has 18 heavy (non-hydrogen) atoms. The molecule has 0 saturated heterocycles. The maximum atomic E-state index is 12.4. The zero-order valence-electron chi connectivity index (χ0n) is 10.2. The number of benzene rings is 1. The van der Waals surface area contributed by atoms with E-state index < -0.39 is 14.6 Å². The van der Waals surface area contributed by atoms with Crippen LogP contribution < -0.4 is 4.74 Å². The number of nitriles is 1. The van der Waals surface area contributed by atoms with Gasteiger partial charge in [0.05, 0.1) is 17.6 Å². The molecule has 0 spiro atoms. The first-order valence-electron chi connectivity index (χ1n) is 5.94. The third kappa shape index (κ3) is 1.87. The molecule has 2 rings (SSSR count). The first kappa shape index (κ1) is 12.9. The number of hydrogen-bond donors (Lipinski definition) is 0. The van der Waals surface area contributed by atoms with Gasteiger partial charge in [-0.25, -0.2) is 8.42 Å². The van der Waals surface area contributed by atoms with Crippen LogP contribution in [0.4, 0.5) is 0 Å². The summed E-state index contributed by atoms with van der Waals surface area (Å²) in [6, 6.07) is 8.25. The summed E-state index contributed by atoms with van der Waals surface area (Å²) < 4.78 is 28.8. The largest absolute Gasteiger partial charge is 0.494 e. The zero-order valence-corrected chi connectivity index (χ0v) is 11.0. The highest BCUT2D eigenvalue weighted by atomic mass is 32.2. The molecule has 0 aromatic heterocycles. The van der Waals surface area contributed by atoms with Crippen molar-refractivity contribution in [1.29, 1.82) is 5.26 Å². The van der Waals surface area contributed by atoms with Gasteiger partial charge in [-0.05, 0) is 50.5 Å². The van der Waals surface area contributed by atoms with E-state index in [1.165, 1.54) is 12.1 Å². The van der Waals surface area contributed by atoms with Crippen LogP contribution in [0.3, 0.4) is 0 Å². The summed E-state index contributed by atoms with van der Waals surface area (Å²) in [7, 11) is -3.56. The van der Waals surface area contributed by atoms with Crippen LogP contribution in [0.2, 0.25) is 0 Å². The van der Waals surface area contributed by atoms with Gasteiger partial charge in [0.25, 0.3) is 0 Å². The highest BCUT2D eigenvalue weighted by Crippen LogP contribution is 2.42. The van der Waals surface area contributed by atoms with E-state index >= 15 is 0 Å². The standard InChI is InChI=1S/C13H15NO3S/c1-2-17-11-4-6-12(7-5-11)18(15,16)13(10-14)8-3-9-13/h4-7H,2-3,8-9H2,1H3. The van der Waals surface area contributed by atoms with Gasteiger partial charge >= 0.3 is 0 Å². The molecule has 1 aromatic rings. The Balaban J connectivity index is 2.34. The first-order valence-corrected chi connectivity index (χ1v) is 7.43. The molecule has 1 aliphatic carbocycles. The first-order chi connectivity index (χ1) is 8.55. The summed E-state index contributed by atoms with van der Waals surface area (Å²) in [4.78, 5) is 0.201. The number of hydrogen-bond acceptors (Lipinski definition) is 4. The number of nitrogens with zero attached hydrogens (tertiary/aromatic N) is 1. The van der Waals surface area contributed by atoms with Crippen molar-refractivity contribution in [3.63, 3.8) is 0 Å². The van der Waals surface area contributed by atoms with Crippen LogP contribution in [0, 0.1) is 11.3 Å². The second-order valence-electron chi connectivity index (χ2n) is 4.37. The van der Waals surface area contributed by atoms with Crippen molar-refractivity contribution < 1.29 is 13.2 Å². The van der Waals surface area contributed by atoms with Crippen molar-refractivity contribution >= 4 is 9.84 Å². The smallest absolute Gasteiger partial charge is 0.197 e. The average Bonchev–Trinajstić information content (AvgIpc) is 2.29. The molecule has 0 atom stereocenters. The molecule has 0 heterocycles. The molecule has 4 nitrogen and oxygen atoms in total. The Kier molecular flexibility index (Phi) is 3.31. The summed E-state index contributed by atoms with van der Waals surface area (Å²) in [6.45, 7) is 2.40. The molecular formula is C13H15NO3S. The van der Waals surface area contributed by atoms with Crippen molar-refractivity contribution in [2.45, 2.75) is 35.8 Å². The van der Waals surface area contributed by atoms with Gasteiger partial charge in [-0.1, -0.05) is 0 Å². The summed E-state index contributed by atoms with van der Waals surface area (Å²) in [5.74, 6) is 0.635. The Morgan fingerprint density at radius 3 is 2.33 bits per heavy atom.